The summed E-state index contributed by atoms with van der Waals surface area (Å²) in [5.74, 6) is -1.32. The largest absolute Gasteiger partial charge is 0.477 e. The lowest BCUT2D eigenvalue weighted by Gasteiger charge is -2.26. The van der Waals surface area contributed by atoms with Crippen LogP contribution in [0.4, 0.5) is 0 Å². The van der Waals surface area contributed by atoms with E-state index in [0.717, 1.165) is 19.3 Å². The Hall–Kier alpha value is -2.19. The molecule has 2 aromatic rings. The van der Waals surface area contributed by atoms with Crippen LogP contribution >= 0.6 is 0 Å². The van der Waals surface area contributed by atoms with Gasteiger partial charge in [0, 0.05) is 31.2 Å². The molecule has 134 valence electrons. The number of carboxylic acids is 1. The highest BCUT2D eigenvalue weighted by atomic mass is 32.2. The summed E-state index contributed by atoms with van der Waals surface area (Å²) in [6.07, 6.45) is 3.94. The molecule has 1 fully saturated rings. The SMILES string of the molecule is CCn1cc(C(=O)O)c(=O)c2cc(S(=O)(=O)N3CCCCC3)ccc21. The highest BCUT2D eigenvalue weighted by Gasteiger charge is 2.26. The molecule has 0 aliphatic carbocycles. The van der Waals surface area contributed by atoms with E-state index in [1.54, 1.807) is 10.6 Å². The maximum atomic E-state index is 12.8. The Kier molecular flexibility index (Phi) is 4.66. The molecular formula is C17H20N2O5S. The van der Waals surface area contributed by atoms with Gasteiger partial charge in [-0.25, -0.2) is 13.2 Å². The number of aromatic carboxylic acids is 1. The van der Waals surface area contributed by atoms with Crippen molar-refractivity contribution in [2.24, 2.45) is 0 Å². The molecule has 0 spiro atoms. The number of piperidine rings is 1. The predicted octanol–water partition coefficient (Wildman–Crippen LogP) is 1.89. The topological polar surface area (TPSA) is 96.7 Å². The molecule has 2 heterocycles. The van der Waals surface area contributed by atoms with Crippen molar-refractivity contribution < 1.29 is 18.3 Å². The minimum atomic E-state index is -3.69. The van der Waals surface area contributed by atoms with Gasteiger partial charge in [-0.05, 0) is 38.0 Å². The lowest BCUT2D eigenvalue weighted by atomic mass is 10.1. The standard InChI is InChI=1S/C17H20N2O5S/c1-2-18-11-14(17(21)22)16(20)13-10-12(6-7-15(13)18)25(23,24)19-8-4-3-5-9-19/h6-7,10-11H,2-5,8-9H2,1H3,(H,21,22). The number of benzene rings is 1. The van der Waals surface area contributed by atoms with E-state index in [0.29, 0.717) is 25.2 Å². The van der Waals surface area contributed by atoms with Gasteiger partial charge < -0.3 is 9.67 Å². The van der Waals surface area contributed by atoms with Crippen molar-refractivity contribution in [2.75, 3.05) is 13.1 Å². The lowest BCUT2D eigenvalue weighted by Crippen LogP contribution is -2.35. The number of aryl methyl sites for hydroxylation is 1. The first-order chi connectivity index (χ1) is 11.9. The fourth-order valence-corrected chi connectivity index (χ4v) is 4.75. The van der Waals surface area contributed by atoms with Gasteiger partial charge in [-0.1, -0.05) is 6.42 Å². The molecule has 1 aromatic heterocycles. The van der Waals surface area contributed by atoms with Crippen LogP contribution < -0.4 is 5.43 Å². The van der Waals surface area contributed by atoms with Crippen molar-refractivity contribution in [3.63, 3.8) is 0 Å². The molecule has 0 atom stereocenters. The second-order valence-corrected chi connectivity index (χ2v) is 8.04. The molecule has 1 saturated heterocycles. The minimum Gasteiger partial charge on any atom is -0.477 e. The third-order valence-electron chi connectivity index (χ3n) is 4.58. The Bertz CT molecular complexity index is 988. The van der Waals surface area contributed by atoms with Gasteiger partial charge >= 0.3 is 5.97 Å². The summed E-state index contributed by atoms with van der Waals surface area (Å²) in [5.41, 5.74) is -0.500. The fraction of sp³-hybridized carbons (Fsp3) is 0.412. The number of pyridine rings is 1. The van der Waals surface area contributed by atoms with Crippen molar-refractivity contribution in [1.82, 2.24) is 8.87 Å². The minimum absolute atomic E-state index is 0.0317. The molecular weight excluding hydrogens is 344 g/mol. The highest BCUT2D eigenvalue weighted by molar-refractivity contribution is 7.89. The molecule has 0 unspecified atom stereocenters. The highest BCUT2D eigenvalue weighted by Crippen LogP contribution is 2.23. The molecule has 0 saturated carbocycles. The summed E-state index contributed by atoms with van der Waals surface area (Å²) in [5, 5.41) is 9.35. The van der Waals surface area contributed by atoms with Gasteiger partial charge in [-0.3, -0.25) is 4.79 Å². The first-order valence-electron chi connectivity index (χ1n) is 8.27. The van der Waals surface area contributed by atoms with Gasteiger partial charge in [0.15, 0.2) is 0 Å². The van der Waals surface area contributed by atoms with E-state index >= 15 is 0 Å². The summed E-state index contributed by atoms with van der Waals surface area (Å²) in [4.78, 5) is 23.8. The van der Waals surface area contributed by atoms with E-state index in [-0.39, 0.29) is 15.8 Å². The zero-order chi connectivity index (χ0) is 18.2. The molecule has 8 heteroatoms. The number of hydrogen-bond acceptors (Lipinski definition) is 4. The number of carboxylic acid groups (broad SMARTS) is 1. The van der Waals surface area contributed by atoms with Crippen LogP contribution in [-0.4, -0.2) is 41.5 Å². The summed E-state index contributed by atoms with van der Waals surface area (Å²) in [7, 11) is -3.69. The summed E-state index contributed by atoms with van der Waals surface area (Å²) >= 11 is 0. The number of aromatic nitrogens is 1. The number of sulfonamides is 1. The quantitative estimate of drug-likeness (QED) is 0.894. The van der Waals surface area contributed by atoms with Crippen molar-refractivity contribution in [3.8, 4) is 0 Å². The van der Waals surface area contributed by atoms with Crippen LogP contribution in [0.1, 0.15) is 36.5 Å². The van der Waals surface area contributed by atoms with Crippen LogP contribution in [0.5, 0.6) is 0 Å². The maximum absolute atomic E-state index is 12.8. The normalized spacial score (nSPS) is 16.2. The van der Waals surface area contributed by atoms with Crippen LogP contribution in [-0.2, 0) is 16.6 Å². The monoisotopic (exact) mass is 364 g/mol. The fourth-order valence-electron chi connectivity index (χ4n) is 3.21. The van der Waals surface area contributed by atoms with E-state index in [1.807, 2.05) is 6.92 Å². The first kappa shape index (κ1) is 17.6. The van der Waals surface area contributed by atoms with Crippen molar-refractivity contribution in [1.29, 1.82) is 0 Å². The molecule has 25 heavy (non-hydrogen) atoms. The summed E-state index contributed by atoms with van der Waals surface area (Å²) < 4.78 is 28.7. The van der Waals surface area contributed by atoms with Crippen LogP contribution in [0, 0.1) is 0 Å². The zero-order valence-corrected chi connectivity index (χ0v) is 14.8. The van der Waals surface area contributed by atoms with Gasteiger partial charge in [0.05, 0.1) is 10.4 Å². The molecule has 0 radical (unpaired) electrons. The lowest BCUT2D eigenvalue weighted by molar-refractivity contribution is 0.0695. The Labute approximate surface area is 145 Å². The van der Waals surface area contributed by atoms with Gasteiger partial charge in [0.2, 0.25) is 15.5 Å². The van der Waals surface area contributed by atoms with Crippen LogP contribution in [0.15, 0.2) is 34.1 Å². The van der Waals surface area contributed by atoms with Crippen LogP contribution in [0.3, 0.4) is 0 Å². The Morgan fingerprint density at radius 3 is 2.48 bits per heavy atom. The second kappa shape index (κ2) is 6.61. The third kappa shape index (κ3) is 3.07. The molecule has 7 nitrogen and oxygen atoms in total. The number of carbonyl (C=O) groups is 1. The van der Waals surface area contributed by atoms with E-state index in [9.17, 15) is 23.1 Å². The number of rotatable bonds is 4. The molecule has 3 rings (SSSR count). The van der Waals surface area contributed by atoms with Crippen LogP contribution in [0.2, 0.25) is 0 Å². The van der Waals surface area contributed by atoms with E-state index in [1.165, 1.54) is 22.6 Å². The van der Waals surface area contributed by atoms with E-state index in [4.69, 9.17) is 0 Å². The second-order valence-electron chi connectivity index (χ2n) is 6.11. The van der Waals surface area contributed by atoms with Crippen LogP contribution in [0.25, 0.3) is 10.9 Å². The van der Waals surface area contributed by atoms with Gasteiger partial charge in [0.1, 0.15) is 5.56 Å². The maximum Gasteiger partial charge on any atom is 0.341 e. The number of nitrogens with zero attached hydrogens (tertiary/aromatic N) is 2. The smallest absolute Gasteiger partial charge is 0.341 e. The summed E-state index contributed by atoms with van der Waals surface area (Å²) in [6, 6.07) is 4.36. The van der Waals surface area contributed by atoms with Gasteiger partial charge in [-0.2, -0.15) is 4.31 Å². The van der Waals surface area contributed by atoms with Crippen molar-refractivity contribution >= 4 is 26.9 Å². The Morgan fingerprint density at radius 1 is 1.20 bits per heavy atom. The van der Waals surface area contributed by atoms with E-state index < -0.39 is 21.4 Å². The number of fused-ring (bicyclic) bond motifs is 1. The van der Waals surface area contributed by atoms with Crippen molar-refractivity contribution in [3.05, 3.63) is 40.2 Å². The molecule has 1 aliphatic heterocycles. The molecule has 0 amide bonds. The zero-order valence-electron chi connectivity index (χ0n) is 13.9. The number of hydrogen-bond donors (Lipinski definition) is 1. The Balaban J connectivity index is 2.21. The average Bonchev–Trinajstić information content (AvgIpc) is 2.62. The molecule has 1 aliphatic rings. The Morgan fingerprint density at radius 2 is 1.88 bits per heavy atom. The average molecular weight is 364 g/mol. The van der Waals surface area contributed by atoms with E-state index in [2.05, 4.69) is 0 Å². The third-order valence-corrected chi connectivity index (χ3v) is 6.47. The predicted molar refractivity (Wildman–Crippen MR) is 93.5 cm³/mol. The van der Waals surface area contributed by atoms with Crippen molar-refractivity contribution in [2.45, 2.75) is 37.6 Å². The van der Waals surface area contributed by atoms with Gasteiger partial charge in [0.25, 0.3) is 0 Å². The molecule has 0 bridgehead atoms. The first-order valence-corrected chi connectivity index (χ1v) is 9.71. The summed E-state index contributed by atoms with van der Waals surface area (Å²) in [6.45, 7) is 3.23. The molecule has 1 aromatic carbocycles. The molecule has 1 N–H and O–H groups in total. The van der Waals surface area contributed by atoms with Gasteiger partial charge in [-0.15, -0.1) is 0 Å².